The minimum absolute atomic E-state index is 0.0417. The van der Waals surface area contributed by atoms with E-state index in [4.69, 9.17) is 57.3 Å². The average Bonchev–Trinajstić information content (AvgIpc) is 2.81. The molecule has 22 N–H and O–H groups in total. The Morgan fingerprint density at radius 2 is 0.475 bits per heavy atom. The van der Waals surface area contributed by atoms with Crippen molar-refractivity contribution in [3.05, 3.63) is 13.2 Å². The first-order valence-electron chi connectivity index (χ1n) is 10.5. The molecular weight excluding hydrogens is 528 g/mol. The lowest BCUT2D eigenvalue weighted by Crippen LogP contribution is -2.18. The second-order valence-electron chi connectivity index (χ2n) is 6.42. The molecule has 0 fully saturated rings. The highest BCUT2D eigenvalue weighted by atomic mass is 15.2. The van der Waals surface area contributed by atoms with E-state index >= 15 is 0 Å². The summed E-state index contributed by atoms with van der Waals surface area (Å²) >= 11 is 0. The van der Waals surface area contributed by atoms with E-state index in [0.717, 1.165) is 0 Å². The van der Waals surface area contributed by atoms with Gasteiger partial charge in [-0.3, -0.25) is 0 Å². The highest BCUT2D eigenvalue weighted by molar-refractivity contribution is 5.39. The SMILES string of the molecule is C=C.Nc1nc(N)nc(N)n1.Nc1nc(N)nc(N)n1.Nc1nc(N)nc(NCCNc2nc(N)nc(N)n2)n1. The number of nitrogen functional groups attached to an aromatic ring is 10. The zero-order chi connectivity index (χ0) is 30.2. The maximum absolute atomic E-state index is 5.44. The van der Waals surface area contributed by atoms with Crippen molar-refractivity contribution in [1.82, 2.24) is 59.8 Å². The van der Waals surface area contributed by atoms with E-state index < -0.39 is 0 Å². The van der Waals surface area contributed by atoms with Gasteiger partial charge in [0, 0.05) is 13.1 Å². The first kappa shape index (κ1) is 31.4. The molecule has 0 aromatic carbocycles. The zero-order valence-electron chi connectivity index (χ0n) is 21.0. The van der Waals surface area contributed by atoms with Gasteiger partial charge in [0.1, 0.15) is 0 Å². The molecule has 4 aromatic rings. The van der Waals surface area contributed by atoms with E-state index in [0.29, 0.717) is 13.1 Å². The third kappa shape index (κ3) is 12.4. The van der Waals surface area contributed by atoms with Gasteiger partial charge in [-0.2, -0.15) is 59.8 Å². The van der Waals surface area contributed by atoms with Crippen LogP contribution in [0.4, 0.5) is 71.4 Å². The Hall–Kier alpha value is -6.62. The molecule has 0 amide bonds. The normalized spacial score (nSPS) is 9.40. The molecule has 0 radical (unpaired) electrons. The zero-order valence-corrected chi connectivity index (χ0v) is 21.0. The van der Waals surface area contributed by atoms with Crippen molar-refractivity contribution in [3.63, 3.8) is 0 Å². The highest BCUT2D eigenvalue weighted by Gasteiger charge is 2.03. The first-order chi connectivity index (χ1) is 18.9. The standard InChI is InChI=1S/C8H14N12.2C3H6N6.C2H4/c9-3-15-4(10)18-7(17-3)13-1-2-14-8-19-5(11)16-6(12)20-8;2*4-1-7-2(5)9-3(6)8-1;1-2/h1-2H2,(H5,9,10,13,15,17,18)(H5,11,12,14,16,19,20);2*(H6,4,5,6,7,8,9);1-2H2. The van der Waals surface area contributed by atoms with Crippen molar-refractivity contribution in [2.45, 2.75) is 0 Å². The minimum Gasteiger partial charge on any atom is -0.368 e. The van der Waals surface area contributed by atoms with Gasteiger partial charge in [0.2, 0.25) is 71.4 Å². The molecular formula is C16H30N24. The summed E-state index contributed by atoms with van der Waals surface area (Å²) in [5, 5.41) is 5.81. The number of anilines is 12. The van der Waals surface area contributed by atoms with Crippen LogP contribution in [0.2, 0.25) is 0 Å². The summed E-state index contributed by atoms with van der Waals surface area (Å²) in [6.45, 7) is 6.93. The monoisotopic (exact) mass is 558 g/mol. The molecule has 4 aromatic heterocycles. The molecule has 0 atom stereocenters. The number of hydrogen-bond acceptors (Lipinski definition) is 24. The Kier molecular flexibility index (Phi) is 12.2. The molecule has 24 nitrogen and oxygen atoms in total. The molecule has 0 aliphatic heterocycles. The third-order valence-corrected chi connectivity index (χ3v) is 3.41. The Balaban J connectivity index is 0.000000331. The van der Waals surface area contributed by atoms with E-state index in [9.17, 15) is 0 Å². The van der Waals surface area contributed by atoms with Gasteiger partial charge in [-0.1, -0.05) is 0 Å². The van der Waals surface area contributed by atoms with Crippen molar-refractivity contribution < 1.29 is 0 Å². The van der Waals surface area contributed by atoms with Gasteiger partial charge in [0.15, 0.2) is 0 Å². The molecule has 0 saturated heterocycles. The van der Waals surface area contributed by atoms with Gasteiger partial charge in [-0.05, 0) is 0 Å². The second-order valence-corrected chi connectivity index (χ2v) is 6.42. The molecule has 24 heteroatoms. The average molecular weight is 559 g/mol. The van der Waals surface area contributed by atoms with E-state index in [1.807, 2.05) is 0 Å². The summed E-state index contributed by atoms with van der Waals surface area (Å²) in [5.74, 6) is 1.01. The number of hydrogen-bond donors (Lipinski definition) is 12. The van der Waals surface area contributed by atoms with E-state index in [1.54, 1.807) is 0 Å². The van der Waals surface area contributed by atoms with Crippen LogP contribution in [0.15, 0.2) is 13.2 Å². The lowest BCUT2D eigenvalue weighted by molar-refractivity contribution is 0.977. The molecule has 0 saturated carbocycles. The lowest BCUT2D eigenvalue weighted by atomic mass is 10.6. The van der Waals surface area contributed by atoms with Crippen LogP contribution < -0.4 is 68.0 Å². The summed E-state index contributed by atoms with van der Waals surface area (Å²) in [5.41, 5.74) is 52.6. The molecule has 0 spiro atoms. The molecule has 0 bridgehead atoms. The van der Waals surface area contributed by atoms with Crippen molar-refractivity contribution in [2.24, 2.45) is 0 Å². The summed E-state index contributed by atoms with van der Waals surface area (Å²) in [4.78, 5) is 43.7. The van der Waals surface area contributed by atoms with E-state index in [2.05, 4.69) is 83.6 Å². The van der Waals surface area contributed by atoms with Crippen LogP contribution in [0.5, 0.6) is 0 Å². The molecule has 40 heavy (non-hydrogen) atoms. The fraction of sp³-hybridized carbons (Fsp3) is 0.125. The van der Waals surface area contributed by atoms with Crippen molar-refractivity contribution in [2.75, 3.05) is 81.1 Å². The number of nitrogens with zero attached hydrogens (tertiary/aromatic N) is 12. The number of nitrogens with one attached hydrogen (secondary N) is 2. The van der Waals surface area contributed by atoms with Crippen LogP contribution in [-0.4, -0.2) is 72.9 Å². The predicted molar refractivity (Wildman–Crippen MR) is 152 cm³/mol. The van der Waals surface area contributed by atoms with Gasteiger partial charge in [0.25, 0.3) is 0 Å². The van der Waals surface area contributed by atoms with E-state index in [-0.39, 0.29) is 71.4 Å². The highest BCUT2D eigenvalue weighted by Crippen LogP contribution is 2.04. The smallest absolute Gasteiger partial charge is 0.229 e. The lowest BCUT2D eigenvalue weighted by Gasteiger charge is -2.07. The van der Waals surface area contributed by atoms with Crippen molar-refractivity contribution in [1.29, 1.82) is 0 Å². The number of aromatic nitrogens is 12. The Morgan fingerprint density at radius 1 is 0.325 bits per heavy atom. The quantitative estimate of drug-likeness (QED) is 0.0817. The number of rotatable bonds is 5. The summed E-state index contributed by atoms with van der Waals surface area (Å²) < 4.78 is 0. The fourth-order valence-corrected chi connectivity index (χ4v) is 2.18. The summed E-state index contributed by atoms with van der Waals surface area (Å²) in [7, 11) is 0. The Bertz CT molecular complexity index is 1120. The molecule has 4 rings (SSSR count). The van der Waals surface area contributed by atoms with Crippen LogP contribution in [-0.2, 0) is 0 Å². The van der Waals surface area contributed by atoms with Crippen LogP contribution in [0.3, 0.4) is 0 Å². The van der Waals surface area contributed by atoms with Crippen LogP contribution in [0, 0.1) is 0 Å². The second kappa shape index (κ2) is 15.5. The van der Waals surface area contributed by atoms with Gasteiger partial charge >= 0.3 is 0 Å². The maximum atomic E-state index is 5.44. The van der Waals surface area contributed by atoms with Crippen LogP contribution >= 0.6 is 0 Å². The topological polar surface area (TPSA) is 439 Å². The number of nitrogens with two attached hydrogens (primary N) is 10. The van der Waals surface area contributed by atoms with Gasteiger partial charge < -0.3 is 68.0 Å². The van der Waals surface area contributed by atoms with Gasteiger partial charge in [0.05, 0.1) is 0 Å². The van der Waals surface area contributed by atoms with Crippen molar-refractivity contribution in [3.8, 4) is 0 Å². The molecule has 4 heterocycles. The van der Waals surface area contributed by atoms with Crippen LogP contribution in [0.1, 0.15) is 0 Å². The predicted octanol–water partition coefficient (Wildman–Crippen LogP) is -4.05. The third-order valence-electron chi connectivity index (χ3n) is 3.41. The molecule has 0 aliphatic rings. The maximum Gasteiger partial charge on any atom is 0.229 e. The molecule has 0 unspecified atom stereocenters. The Labute approximate surface area is 226 Å². The first-order valence-corrected chi connectivity index (χ1v) is 10.5. The summed E-state index contributed by atoms with van der Waals surface area (Å²) in [6, 6.07) is 0. The largest absolute Gasteiger partial charge is 0.368 e. The summed E-state index contributed by atoms with van der Waals surface area (Å²) in [6.07, 6.45) is 0. The van der Waals surface area contributed by atoms with Crippen molar-refractivity contribution >= 4 is 71.4 Å². The van der Waals surface area contributed by atoms with Crippen LogP contribution in [0.25, 0.3) is 0 Å². The Morgan fingerprint density at radius 3 is 0.650 bits per heavy atom. The van der Waals surface area contributed by atoms with E-state index in [1.165, 1.54) is 0 Å². The minimum atomic E-state index is 0.0417. The fourth-order valence-electron chi connectivity index (χ4n) is 2.18. The van der Waals surface area contributed by atoms with Gasteiger partial charge in [-0.25, -0.2) is 0 Å². The molecule has 214 valence electrons. The molecule has 0 aliphatic carbocycles. The van der Waals surface area contributed by atoms with Gasteiger partial charge in [-0.15, -0.1) is 13.2 Å².